The zero-order valence-electron chi connectivity index (χ0n) is 14.6. The minimum Gasteiger partial charge on any atom is -0.512 e. The van der Waals surface area contributed by atoms with Gasteiger partial charge < -0.3 is 20.4 Å². The fraction of sp³-hybridized carbons (Fsp3) is 0.600. The van der Waals surface area contributed by atoms with Crippen molar-refractivity contribution in [2.75, 3.05) is 6.61 Å². The third kappa shape index (κ3) is 125. The number of aliphatic hydroxyl groups is 4. The van der Waals surface area contributed by atoms with Gasteiger partial charge in [-0.25, -0.2) is 0 Å². The molecular formula is C15H32O6Ti+2. The third-order valence-corrected chi connectivity index (χ3v) is 0.836. The summed E-state index contributed by atoms with van der Waals surface area (Å²) in [5, 5.41) is 32.4. The van der Waals surface area contributed by atoms with Crippen molar-refractivity contribution in [1.29, 1.82) is 0 Å². The minimum absolute atomic E-state index is 0. The number of hydrogen-bond acceptors (Lipinski definition) is 4. The Morgan fingerprint density at radius 2 is 1.05 bits per heavy atom. The van der Waals surface area contributed by atoms with Crippen LogP contribution in [-0.2, 0) is 21.7 Å². The molecule has 130 valence electrons. The fourth-order valence-corrected chi connectivity index (χ4v) is 0.605. The van der Waals surface area contributed by atoms with Crippen LogP contribution in [0.4, 0.5) is 0 Å². The van der Waals surface area contributed by atoms with Crippen LogP contribution < -0.4 is 0 Å². The van der Waals surface area contributed by atoms with E-state index in [0.717, 1.165) is 0 Å². The summed E-state index contributed by atoms with van der Waals surface area (Å²) in [4.78, 5) is 16.8. The predicted octanol–water partition coefficient (Wildman–Crippen LogP) is 2.41. The molecule has 0 aromatic rings. The van der Waals surface area contributed by atoms with Gasteiger partial charge in [0, 0.05) is 34.4 Å². The first-order valence-electron chi connectivity index (χ1n) is 6.49. The summed E-state index contributed by atoms with van der Waals surface area (Å²) < 4.78 is 0. The Kier molecular flexibility index (Phi) is 37.4. The van der Waals surface area contributed by atoms with E-state index < -0.39 is 0 Å². The zero-order chi connectivity index (χ0) is 18.0. The van der Waals surface area contributed by atoms with E-state index >= 15 is 0 Å². The minimum atomic E-state index is -0.167. The smallest absolute Gasteiger partial charge is 0.316 e. The summed E-state index contributed by atoms with van der Waals surface area (Å²) >= 11 is 0. The van der Waals surface area contributed by atoms with Crippen LogP contribution in [0.1, 0.15) is 48.5 Å². The van der Waals surface area contributed by atoms with E-state index in [1.165, 1.54) is 39.8 Å². The van der Waals surface area contributed by atoms with Gasteiger partial charge in [-0.15, -0.1) is 0 Å². The van der Waals surface area contributed by atoms with Crippen LogP contribution >= 0.6 is 0 Å². The number of rotatable bonds is 2. The normalized spacial score (nSPS) is 9.73. The molecule has 0 aromatic heterocycles. The van der Waals surface area contributed by atoms with E-state index in [-0.39, 0.29) is 57.5 Å². The quantitative estimate of drug-likeness (QED) is 0.262. The maximum absolute atomic E-state index is 8.40. The summed E-state index contributed by atoms with van der Waals surface area (Å²) in [5.74, 6) is 0.500. The van der Waals surface area contributed by atoms with Gasteiger partial charge in [0.1, 0.15) is 0 Å². The molecule has 0 amide bonds. The molecular weight excluding hydrogens is 324 g/mol. The van der Waals surface area contributed by atoms with Gasteiger partial charge in [-0.2, -0.15) is 0 Å². The molecule has 0 rings (SSSR count). The van der Waals surface area contributed by atoms with Crippen molar-refractivity contribution in [3.63, 3.8) is 0 Å². The predicted molar refractivity (Wildman–Crippen MR) is 88.1 cm³/mol. The first-order valence-corrected chi connectivity index (χ1v) is 6.49. The Bertz CT molecular complexity index is 283. The summed E-state index contributed by atoms with van der Waals surface area (Å²) in [5.41, 5.74) is 0. The number of hydrogen-bond donors (Lipinski definition) is 4. The Balaban J connectivity index is -0.0000000607. The molecule has 0 aromatic carbocycles. The molecule has 22 heavy (non-hydrogen) atoms. The maximum Gasteiger partial charge on any atom is 0.316 e. The molecule has 0 aliphatic rings. The average molecular weight is 356 g/mol. The van der Waals surface area contributed by atoms with Crippen molar-refractivity contribution in [2.45, 2.75) is 54.6 Å². The standard InChI is InChI=1S/2C5H8O2.C3H8O.C2H6O.Ti/c2*1-4(6)3-5(2)7;1-3(2)4;1-2-3;/h2*3,6H,1-2H3;3-4H,1-2H3;3H,2H2,1H3;/p+2/b2*4-3-;;;. The van der Waals surface area contributed by atoms with Crippen LogP contribution in [0, 0.1) is 0 Å². The van der Waals surface area contributed by atoms with Gasteiger partial charge in [-0.3, -0.25) is 9.59 Å². The van der Waals surface area contributed by atoms with Crippen LogP contribution in [0.15, 0.2) is 23.7 Å². The molecule has 0 aliphatic carbocycles. The SMILES string of the molecule is CC(=[OH+])/C=C(/C)O.CC(=[OH+])/C=C(/C)O.CC(C)O.CCO.[Ti]. The molecule has 0 fully saturated rings. The van der Waals surface area contributed by atoms with Gasteiger partial charge in [-0.1, -0.05) is 0 Å². The zero-order valence-corrected chi connectivity index (χ0v) is 16.2. The van der Waals surface area contributed by atoms with E-state index in [1.807, 2.05) is 0 Å². The Morgan fingerprint density at radius 1 is 0.909 bits per heavy atom. The Hall–Kier alpha value is -0.946. The molecule has 0 atom stereocenters. The Morgan fingerprint density at radius 3 is 1.05 bits per heavy atom. The molecule has 0 unspecified atom stereocenters. The first kappa shape index (κ1) is 32.9. The summed E-state index contributed by atoms with van der Waals surface area (Å²) in [6, 6.07) is 0. The number of allylic oxidation sites excluding steroid dienone is 4. The van der Waals surface area contributed by atoms with Gasteiger partial charge in [0.05, 0.1) is 37.5 Å². The maximum atomic E-state index is 8.40. The summed E-state index contributed by atoms with van der Waals surface area (Å²) in [6.07, 6.45) is 2.39. The van der Waals surface area contributed by atoms with E-state index in [4.69, 9.17) is 30.0 Å². The van der Waals surface area contributed by atoms with Gasteiger partial charge in [0.25, 0.3) is 0 Å². The largest absolute Gasteiger partial charge is 0.512 e. The molecule has 0 aliphatic heterocycles. The first-order chi connectivity index (χ1) is 9.40. The topological polar surface area (TPSA) is 124 Å². The van der Waals surface area contributed by atoms with Crippen molar-refractivity contribution in [1.82, 2.24) is 0 Å². The van der Waals surface area contributed by atoms with Crippen molar-refractivity contribution < 1.29 is 51.7 Å². The molecule has 0 bridgehead atoms. The number of aliphatic hydroxyl groups excluding tert-OH is 4. The van der Waals surface area contributed by atoms with E-state index in [0.29, 0.717) is 0 Å². The second kappa shape index (κ2) is 25.0. The van der Waals surface area contributed by atoms with Crippen LogP contribution in [0.25, 0.3) is 0 Å². The van der Waals surface area contributed by atoms with Gasteiger partial charge in [0.15, 0.2) is 0 Å². The molecule has 7 heteroatoms. The van der Waals surface area contributed by atoms with Crippen LogP contribution in [-0.4, -0.2) is 54.3 Å². The van der Waals surface area contributed by atoms with Gasteiger partial charge in [0.2, 0.25) is 0 Å². The van der Waals surface area contributed by atoms with Crippen LogP contribution in [0.2, 0.25) is 0 Å². The summed E-state index contributed by atoms with van der Waals surface area (Å²) in [7, 11) is 0. The number of carbonyl (C=O) groups excluding carboxylic acids is 2. The number of ketones is 2. The summed E-state index contributed by atoms with van der Waals surface area (Å²) in [6.45, 7) is 11.4. The molecule has 0 radical (unpaired) electrons. The monoisotopic (exact) mass is 356 g/mol. The van der Waals surface area contributed by atoms with Crippen molar-refractivity contribution in [2.24, 2.45) is 0 Å². The van der Waals surface area contributed by atoms with E-state index in [9.17, 15) is 0 Å². The molecule has 0 heterocycles. The molecule has 6 nitrogen and oxygen atoms in total. The van der Waals surface area contributed by atoms with Crippen molar-refractivity contribution >= 4 is 11.6 Å². The Labute approximate surface area is 148 Å². The van der Waals surface area contributed by atoms with Gasteiger partial charge in [-0.05, 0) is 34.6 Å². The molecule has 0 spiro atoms. The van der Waals surface area contributed by atoms with Crippen LogP contribution in [0.5, 0.6) is 0 Å². The molecule has 6 N–H and O–H groups in total. The fourth-order valence-electron chi connectivity index (χ4n) is 0.605. The van der Waals surface area contributed by atoms with Crippen molar-refractivity contribution in [3.8, 4) is 0 Å². The molecule has 0 saturated carbocycles. The average Bonchev–Trinajstić information content (AvgIpc) is 2.12. The molecule has 0 saturated heterocycles. The van der Waals surface area contributed by atoms with Crippen LogP contribution in [0.3, 0.4) is 0 Å². The third-order valence-electron chi connectivity index (χ3n) is 0.836. The van der Waals surface area contributed by atoms with Gasteiger partial charge >= 0.3 is 11.6 Å². The second-order valence-corrected chi connectivity index (χ2v) is 4.26. The van der Waals surface area contributed by atoms with E-state index in [2.05, 4.69) is 0 Å². The second-order valence-electron chi connectivity index (χ2n) is 4.26. The van der Waals surface area contributed by atoms with E-state index in [1.54, 1.807) is 20.8 Å². The van der Waals surface area contributed by atoms with Crippen molar-refractivity contribution in [3.05, 3.63) is 23.7 Å².